The molecule has 0 radical (unpaired) electrons. The lowest BCUT2D eigenvalue weighted by molar-refractivity contribution is 1.58. The molecule has 0 atom stereocenters. The van der Waals surface area contributed by atoms with E-state index in [-0.39, 0.29) is 0 Å². The molecule has 0 aliphatic heterocycles. The van der Waals surface area contributed by atoms with Crippen LogP contribution in [-0.2, 0) is 0 Å². The summed E-state index contributed by atoms with van der Waals surface area (Å²) < 4.78 is 0. The second-order valence-corrected chi connectivity index (χ2v) is 1.05. The first-order chi connectivity index (χ1) is 3.27. The van der Waals surface area contributed by atoms with Gasteiger partial charge in [0.15, 0.2) is 0 Å². The Kier molecular flexibility index (Phi) is 12.0. The second-order valence-electron chi connectivity index (χ2n) is 1.05. The Balaban J connectivity index is 0. The average molecular weight is 94.2 g/mol. The van der Waals surface area contributed by atoms with Crippen molar-refractivity contribution in [1.29, 1.82) is 0 Å². The van der Waals surface area contributed by atoms with Gasteiger partial charge in [-0.15, -0.1) is 12.8 Å². The van der Waals surface area contributed by atoms with Crippen molar-refractivity contribution >= 4 is 0 Å². The quantitative estimate of drug-likeness (QED) is 0.344. The van der Waals surface area contributed by atoms with E-state index >= 15 is 0 Å². The predicted octanol–water partition coefficient (Wildman–Crippen LogP) is 2.00. The van der Waals surface area contributed by atoms with Crippen LogP contribution in [0.3, 0.4) is 0 Å². The molecule has 0 spiro atoms. The van der Waals surface area contributed by atoms with E-state index in [1.165, 1.54) is 0 Å². The van der Waals surface area contributed by atoms with Crippen molar-refractivity contribution < 1.29 is 0 Å². The van der Waals surface area contributed by atoms with Gasteiger partial charge in [0.2, 0.25) is 0 Å². The molecule has 0 aromatic heterocycles. The van der Waals surface area contributed by atoms with Gasteiger partial charge in [0, 0.05) is 0 Å². The monoisotopic (exact) mass is 94.1 g/mol. The van der Waals surface area contributed by atoms with Gasteiger partial charge < -0.3 is 0 Å². The minimum Gasteiger partial charge on any atom is -0.124 e. The third kappa shape index (κ3) is 43.1. The van der Waals surface area contributed by atoms with Crippen LogP contribution < -0.4 is 0 Å². The second kappa shape index (κ2) is 8.90. The third-order valence-corrected chi connectivity index (χ3v) is 0.348. The summed E-state index contributed by atoms with van der Waals surface area (Å²) in [7, 11) is 0. The Morgan fingerprint density at radius 3 is 1.71 bits per heavy atom. The van der Waals surface area contributed by atoms with Gasteiger partial charge in [-0.1, -0.05) is 24.8 Å². The van der Waals surface area contributed by atoms with Gasteiger partial charge in [0.1, 0.15) is 0 Å². The van der Waals surface area contributed by atoms with Crippen LogP contribution in [0.4, 0.5) is 0 Å². The zero-order chi connectivity index (χ0) is 6.28. The molecule has 0 heteroatoms. The Morgan fingerprint density at radius 1 is 1.57 bits per heavy atom. The molecule has 7 heavy (non-hydrogen) atoms. The number of hydrogen-bond acceptors (Lipinski definition) is 0. The molecular weight excluding hydrogens is 84.1 g/mol. The molecule has 0 aliphatic rings. The highest BCUT2D eigenvalue weighted by Crippen LogP contribution is 1.81. The molecule has 0 heterocycles. The van der Waals surface area contributed by atoms with Crippen LogP contribution in [0.25, 0.3) is 0 Å². The smallest absolute Gasteiger partial charge is 0.0404 e. The maximum absolute atomic E-state index is 4.00. The highest BCUT2D eigenvalue weighted by Gasteiger charge is 1.59. The average Bonchev–Trinajstić information content (AvgIpc) is 1.73. The molecule has 0 fully saturated rings. The molecule has 0 nitrogen and oxygen atoms in total. The van der Waals surface area contributed by atoms with Gasteiger partial charge in [-0.2, -0.15) is 0 Å². The standard InChI is InChI=1S/C5H8.C2H2/c1-4-5(2)3;1-2/h4H,1-2H2,3H3;1-2H. The van der Waals surface area contributed by atoms with Crippen LogP contribution in [0.5, 0.6) is 0 Å². The first kappa shape index (κ1) is 9.40. The van der Waals surface area contributed by atoms with E-state index in [1.807, 2.05) is 6.92 Å². The summed E-state index contributed by atoms with van der Waals surface area (Å²) in [5, 5.41) is 0. The minimum absolute atomic E-state index is 1.02. The molecule has 0 saturated heterocycles. The molecular formula is C7H10. The Hall–Kier alpha value is -0.960. The fraction of sp³-hybridized carbons (Fsp3) is 0.143. The van der Waals surface area contributed by atoms with Crippen LogP contribution >= 0.6 is 0 Å². The summed E-state index contributed by atoms with van der Waals surface area (Å²) in [6.07, 6.45) is 9.72. The molecule has 0 aromatic carbocycles. The van der Waals surface area contributed by atoms with E-state index in [4.69, 9.17) is 0 Å². The van der Waals surface area contributed by atoms with Crippen molar-refractivity contribution in [3.63, 3.8) is 0 Å². The normalized spacial score (nSPS) is 5.00. The van der Waals surface area contributed by atoms with Gasteiger partial charge in [-0.05, 0) is 6.92 Å². The minimum atomic E-state index is 1.02. The van der Waals surface area contributed by atoms with Crippen LogP contribution in [0.15, 0.2) is 24.8 Å². The van der Waals surface area contributed by atoms with Crippen LogP contribution in [-0.4, -0.2) is 0 Å². The van der Waals surface area contributed by atoms with Crippen LogP contribution in [0.1, 0.15) is 6.92 Å². The molecule has 0 saturated carbocycles. The van der Waals surface area contributed by atoms with E-state index in [0.717, 1.165) is 5.57 Å². The summed E-state index contributed by atoms with van der Waals surface area (Å²) >= 11 is 0. The van der Waals surface area contributed by atoms with Crippen molar-refractivity contribution in [2.75, 3.05) is 0 Å². The van der Waals surface area contributed by atoms with Gasteiger partial charge in [0.05, 0.1) is 0 Å². The fourth-order valence-electron chi connectivity index (χ4n) is 0. The van der Waals surface area contributed by atoms with E-state index in [2.05, 4.69) is 26.0 Å². The van der Waals surface area contributed by atoms with Crippen LogP contribution in [0.2, 0.25) is 0 Å². The highest BCUT2D eigenvalue weighted by atomic mass is 13.7. The largest absolute Gasteiger partial charge is 0.124 e. The first-order valence-corrected chi connectivity index (χ1v) is 1.88. The van der Waals surface area contributed by atoms with Crippen molar-refractivity contribution in [3.8, 4) is 12.8 Å². The van der Waals surface area contributed by atoms with Crippen molar-refractivity contribution in [1.82, 2.24) is 0 Å². The summed E-state index contributed by atoms with van der Waals surface area (Å²) in [6, 6.07) is 0. The SMILES string of the molecule is C#C.C=CC(=C)C. The predicted molar refractivity (Wildman–Crippen MR) is 34.9 cm³/mol. The third-order valence-electron chi connectivity index (χ3n) is 0.348. The van der Waals surface area contributed by atoms with Crippen molar-refractivity contribution in [2.24, 2.45) is 0 Å². The molecule has 0 N–H and O–H groups in total. The lowest BCUT2D eigenvalue weighted by Crippen LogP contribution is -1.50. The molecule has 0 bridgehead atoms. The van der Waals surface area contributed by atoms with Gasteiger partial charge in [0.25, 0.3) is 0 Å². The van der Waals surface area contributed by atoms with E-state index in [1.54, 1.807) is 6.08 Å². The summed E-state index contributed by atoms with van der Waals surface area (Å²) in [6.45, 7) is 8.93. The molecule has 0 unspecified atom stereocenters. The van der Waals surface area contributed by atoms with E-state index < -0.39 is 0 Å². The van der Waals surface area contributed by atoms with Gasteiger partial charge >= 0.3 is 0 Å². The van der Waals surface area contributed by atoms with Crippen LogP contribution in [0, 0.1) is 12.8 Å². The molecule has 38 valence electrons. The number of rotatable bonds is 1. The number of allylic oxidation sites excluding steroid dienone is 2. The van der Waals surface area contributed by atoms with Crippen molar-refractivity contribution in [2.45, 2.75) is 6.92 Å². The maximum atomic E-state index is 4.00. The molecule has 0 aromatic rings. The molecule has 0 rings (SSSR count). The fourth-order valence-corrected chi connectivity index (χ4v) is 0. The Morgan fingerprint density at radius 2 is 1.71 bits per heavy atom. The maximum Gasteiger partial charge on any atom is -0.0404 e. The van der Waals surface area contributed by atoms with Gasteiger partial charge in [-0.25, -0.2) is 0 Å². The summed E-state index contributed by atoms with van der Waals surface area (Å²) in [5.41, 5.74) is 1.02. The summed E-state index contributed by atoms with van der Waals surface area (Å²) in [5.74, 6) is 0. The topological polar surface area (TPSA) is 0 Å². The molecule has 0 amide bonds. The van der Waals surface area contributed by atoms with Crippen molar-refractivity contribution in [3.05, 3.63) is 24.8 Å². The van der Waals surface area contributed by atoms with E-state index in [0.29, 0.717) is 0 Å². The Labute approximate surface area is 45.6 Å². The summed E-state index contributed by atoms with van der Waals surface area (Å²) in [4.78, 5) is 0. The van der Waals surface area contributed by atoms with E-state index in [9.17, 15) is 0 Å². The molecule has 0 aliphatic carbocycles. The first-order valence-electron chi connectivity index (χ1n) is 1.88. The van der Waals surface area contributed by atoms with Gasteiger partial charge in [-0.3, -0.25) is 0 Å². The lowest BCUT2D eigenvalue weighted by Gasteiger charge is -1.71. The highest BCUT2D eigenvalue weighted by molar-refractivity contribution is 5.05. The zero-order valence-corrected chi connectivity index (χ0v) is 4.65. The number of terminal acetylenes is 1. The zero-order valence-electron chi connectivity index (χ0n) is 4.65. The number of hydrogen-bond donors (Lipinski definition) is 0. The lowest BCUT2D eigenvalue weighted by atomic mass is 10.4. The Bertz CT molecular complexity index is 75.3.